The van der Waals surface area contributed by atoms with E-state index in [1.165, 1.54) is 54.0 Å². The lowest BCUT2D eigenvalue weighted by atomic mass is 9.54. The first-order valence-corrected chi connectivity index (χ1v) is 11.0. The highest BCUT2D eigenvalue weighted by atomic mass is 79.9. The first-order valence-electron chi connectivity index (χ1n) is 10.2. The molecule has 138 valence electrons. The molecule has 0 radical (unpaired) electrons. The Labute approximate surface area is 168 Å². The van der Waals surface area contributed by atoms with Crippen molar-refractivity contribution in [2.75, 3.05) is 4.90 Å². The minimum Gasteiger partial charge on any atom is -0.370 e. The molecule has 0 saturated heterocycles. The molecule has 2 aromatic carbocycles. The van der Waals surface area contributed by atoms with Gasteiger partial charge in [-0.25, -0.2) is 0 Å². The Bertz CT molecular complexity index is 980. The van der Waals surface area contributed by atoms with Crippen molar-refractivity contribution in [1.29, 1.82) is 5.41 Å². The lowest BCUT2D eigenvalue weighted by Gasteiger charge is -2.57. The van der Waals surface area contributed by atoms with Crippen LogP contribution in [0.4, 0.5) is 5.69 Å². The number of halogens is 1. The largest absolute Gasteiger partial charge is 0.370 e. The van der Waals surface area contributed by atoms with E-state index in [9.17, 15) is 0 Å². The molecule has 0 amide bonds. The zero-order valence-electron chi connectivity index (χ0n) is 15.3. The van der Waals surface area contributed by atoms with Crippen LogP contribution in [0, 0.1) is 29.1 Å². The molecular formula is C23H24BrN3. The molecule has 0 aliphatic heterocycles. The lowest BCUT2D eigenvalue weighted by Crippen LogP contribution is -2.59. The van der Waals surface area contributed by atoms with Crippen molar-refractivity contribution in [2.24, 2.45) is 29.4 Å². The fraction of sp³-hybridized carbons (Fsp3) is 0.435. The molecule has 2 aromatic rings. The van der Waals surface area contributed by atoms with Gasteiger partial charge in [-0.05, 0) is 84.3 Å². The zero-order valence-corrected chi connectivity index (χ0v) is 16.9. The second-order valence-electron chi connectivity index (χ2n) is 9.07. The Morgan fingerprint density at radius 1 is 1.00 bits per heavy atom. The van der Waals surface area contributed by atoms with Gasteiger partial charge >= 0.3 is 0 Å². The van der Waals surface area contributed by atoms with Gasteiger partial charge in [0.25, 0.3) is 0 Å². The van der Waals surface area contributed by atoms with Crippen molar-refractivity contribution in [1.82, 2.24) is 0 Å². The van der Waals surface area contributed by atoms with Crippen molar-refractivity contribution < 1.29 is 0 Å². The monoisotopic (exact) mass is 421 g/mol. The molecule has 4 heteroatoms. The molecule has 4 bridgehead atoms. The van der Waals surface area contributed by atoms with E-state index in [-0.39, 0.29) is 5.96 Å². The molecular weight excluding hydrogens is 398 g/mol. The third kappa shape index (κ3) is 2.22. The molecule has 0 heterocycles. The van der Waals surface area contributed by atoms with E-state index < -0.39 is 0 Å². The summed E-state index contributed by atoms with van der Waals surface area (Å²) in [4.78, 5) is 2.19. The number of hydrogen-bond acceptors (Lipinski definition) is 1. The first-order chi connectivity index (χ1) is 13.1. The van der Waals surface area contributed by atoms with Gasteiger partial charge < -0.3 is 10.6 Å². The fourth-order valence-electron chi connectivity index (χ4n) is 6.94. The summed E-state index contributed by atoms with van der Waals surface area (Å²) in [6.07, 6.45) is 8.95. The van der Waals surface area contributed by atoms with Crippen LogP contribution in [0.3, 0.4) is 0 Å². The molecule has 3 nitrogen and oxygen atoms in total. The van der Waals surface area contributed by atoms with Crippen molar-refractivity contribution in [3.8, 4) is 0 Å². The summed E-state index contributed by atoms with van der Waals surface area (Å²) in [6.45, 7) is 0. The molecule has 4 fully saturated rings. The maximum absolute atomic E-state index is 8.50. The summed E-state index contributed by atoms with van der Waals surface area (Å²) >= 11 is 3.80. The van der Waals surface area contributed by atoms with E-state index in [1.54, 1.807) is 0 Å². The van der Waals surface area contributed by atoms with Crippen molar-refractivity contribution in [3.63, 3.8) is 0 Å². The summed E-state index contributed by atoms with van der Waals surface area (Å²) in [5.74, 6) is 3.41. The average molecular weight is 422 g/mol. The molecule has 0 unspecified atom stereocenters. The van der Waals surface area contributed by atoms with Gasteiger partial charge in [-0.3, -0.25) is 5.41 Å². The number of nitrogens with one attached hydrogen (secondary N) is 1. The van der Waals surface area contributed by atoms with Crippen LogP contribution in [0.5, 0.6) is 0 Å². The minimum absolute atomic E-state index is 0.202. The highest BCUT2D eigenvalue weighted by Crippen LogP contribution is 2.56. The molecule has 0 spiro atoms. The standard InChI is InChI=1S/C23H24BrN3/c24-18-11-15-3-1-2-14-4-5-19(21(18)20(14)15)27(23(25)26)22-16-7-12-6-13(9-16)10-17(22)8-12/h1-5,11-13,16-17,22H,6-10H2,(H3,25,26). The van der Waals surface area contributed by atoms with Gasteiger partial charge in [-0.15, -0.1) is 0 Å². The fourth-order valence-corrected chi connectivity index (χ4v) is 7.58. The van der Waals surface area contributed by atoms with Crippen molar-refractivity contribution in [3.05, 3.63) is 41.5 Å². The van der Waals surface area contributed by atoms with Crippen LogP contribution >= 0.6 is 15.9 Å². The molecule has 5 aliphatic rings. The third-order valence-electron chi connectivity index (χ3n) is 7.57. The van der Waals surface area contributed by atoms with E-state index in [0.29, 0.717) is 17.9 Å². The predicted octanol–water partition coefficient (Wildman–Crippen LogP) is 5.57. The highest BCUT2D eigenvalue weighted by Gasteiger charge is 2.51. The van der Waals surface area contributed by atoms with E-state index in [0.717, 1.165) is 22.0 Å². The Hall–Kier alpha value is -1.81. The second-order valence-corrected chi connectivity index (χ2v) is 9.93. The van der Waals surface area contributed by atoms with Crippen molar-refractivity contribution in [2.45, 2.75) is 38.1 Å². The Balaban J connectivity index is 1.52. The van der Waals surface area contributed by atoms with Gasteiger partial charge in [-0.1, -0.05) is 40.2 Å². The van der Waals surface area contributed by atoms with Crippen LogP contribution in [0.25, 0.3) is 21.3 Å². The number of nitrogens with zero attached hydrogens (tertiary/aromatic N) is 1. The number of hydrogen-bond donors (Lipinski definition) is 2. The van der Waals surface area contributed by atoms with E-state index in [4.69, 9.17) is 11.1 Å². The smallest absolute Gasteiger partial charge is 0.193 e. The minimum atomic E-state index is 0.202. The van der Waals surface area contributed by atoms with Crippen LogP contribution in [0.1, 0.15) is 43.2 Å². The Morgan fingerprint density at radius 3 is 2.37 bits per heavy atom. The Kier molecular flexibility index (Phi) is 3.36. The van der Waals surface area contributed by atoms with Gasteiger partial charge in [0.1, 0.15) is 0 Å². The first kappa shape index (κ1) is 16.2. The average Bonchev–Trinajstić information content (AvgIpc) is 2.96. The maximum Gasteiger partial charge on any atom is 0.193 e. The molecule has 0 atom stereocenters. The lowest BCUT2D eigenvalue weighted by molar-refractivity contribution is 0.00128. The number of anilines is 1. The number of benzene rings is 2. The molecule has 0 aromatic heterocycles. The Morgan fingerprint density at radius 2 is 1.70 bits per heavy atom. The van der Waals surface area contributed by atoms with Crippen LogP contribution in [-0.4, -0.2) is 12.0 Å². The van der Waals surface area contributed by atoms with Crippen LogP contribution in [0.15, 0.2) is 30.3 Å². The highest BCUT2D eigenvalue weighted by molar-refractivity contribution is 9.15. The van der Waals surface area contributed by atoms with Gasteiger partial charge in [0.2, 0.25) is 0 Å². The summed E-state index contributed by atoms with van der Waals surface area (Å²) in [6, 6.07) is 11.2. The van der Waals surface area contributed by atoms with E-state index in [1.807, 2.05) is 0 Å². The summed E-state index contributed by atoms with van der Waals surface area (Å²) in [7, 11) is 0. The molecule has 4 saturated carbocycles. The quantitative estimate of drug-likeness (QED) is 0.491. The summed E-state index contributed by atoms with van der Waals surface area (Å²) in [5, 5.41) is 11.0. The van der Waals surface area contributed by atoms with Gasteiger partial charge in [0, 0.05) is 16.1 Å². The number of rotatable bonds is 2. The van der Waals surface area contributed by atoms with Gasteiger partial charge in [0.15, 0.2) is 5.96 Å². The molecule has 27 heavy (non-hydrogen) atoms. The summed E-state index contributed by atoms with van der Waals surface area (Å²) in [5.41, 5.74) is 9.83. The molecule has 7 rings (SSSR count). The van der Waals surface area contributed by atoms with Crippen molar-refractivity contribution >= 4 is 48.9 Å². The maximum atomic E-state index is 8.50. The van der Waals surface area contributed by atoms with Crippen LogP contribution < -0.4 is 10.6 Å². The molecule has 5 aliphatic carbocycles. The summed E-state index contributed by atoms with van der Waals surface area (Å²) < 4.78 is 1.11. The van der Waals surface area contributed by atoms with E-state index >= 15 is 0 Å². The predicted molar refractivity (Wildman–Crippen MR) is 116 cm³/mol. The SMILES string of the molecule is N=C(N)N(c1ccc2cccc3c2c1C(Br)=C3)C1C2CC3CC(C2)CC1C3. The van der Waals surface area contributed by atoms with Crippen LogP contribution in [-0.2, 0) is 0 Å². The van der Waals surface area contributed by atoms with E-state index in [2.05, 4.69) is 57.2 Å². The number of guanidine groups is 1. The van der Waals surface area contributed by atoms with Gasteiger partial charge in [-0.2, -0.15) is 0 Å². The molecule has 3 N–H and O–H groups in total. The third-order valence-corrected chi connectivity index (χ3v) is 8.20. The van der Waals surface area contributed by atoms with Gasteiger partial charge in [0.05, 0.1) is 5.69 Å². The van der Waals surface area contributed by atoms with Crippen LogP contribution in [0.2, 0.25) is 0 Å². The topological polar surface area (TPSA) is 53.1 Å². The second kappa shape index (κ2) is 5.60. The zero-order chi connectivity index (χ0) is 18.3. The normalized spacial score (nSPS) is 32.8. The number of nitrogens with two attached hydrogens (primary N) is 1.